The molecule has 4 rings (SSSR count). The minimum Gasteiger partial charge on any atom is -0.497 e. The molecule has 3 aromatic rings. The molecule has 1 fully saturated rings. The zero-order valence-corrected chi connectivity index (χ0v) is 17.9. The van der Waals surface area contributed by atoms with Crippen LogP contribution in [0.15, 0.2) is 53.8 Å². The van der Waals surface area contributed by atoms with Crippen LogP contribution in [0.2, 0.25) is 0 Å². The summed E-state index contributed by atoms with van der Waals surface area (Å²) in [7, 11) is -1.92. The molecule has 1 N–H and O–H groups in total. The molecule has 2 atom stereocenters. The van der Waals surface area contributed by atoms with Crippen LogP contribution in [0.5, 0.6) is 5.75 Å². The van der Waals surface area contributed by atoms with Gasteiger partial charge in [-0.05, 0) is 49.6 Å². The van der Waals surface area contributed by atoms with Gasteiger partial charge in [0, 0.05) is 31.7 Å². The fourth-order valence-electron chi connectivity index (χ4n) is 3.66. The summed E-state index contributed by atoms with van der Waals surface area (Å²) in [6.45, 7) is 0.733. The molecule has 0 bridgehead atoms. The first-order valence-corrected chi connectivity index (χ1v) is 11.6. The van der Waals surface area contributed by atoms with E-state index < -0.39 is 15.1 Å². The number of carbonyl (C=O) groups excluding carboxylic acids is 1. The highest BCUT2D eigenvalue weighted by Gasteiger charge is 2.33. The first kappa shape index (κ1) is 21.3. The summed E-state index contributed by atoms with van der Waals surface area (Å²) in [4.78, 5) is 20.9. The van der Waals surface area contributed by atoms with Crippen molar-refractivity contribution in [2.45, 2.75) is 35.5 Å². The molecule has 1 amide bonds. The lowest BCUT2D eigenvalue weighted by Gasteiger charge is -2.29. The van der Waals surface area contributed by atoms with Crippen molar-refractivity contribution in [1.82, 2.24) is 19.7 Å². The molecule has 0 aliphatic carbocycles. The number of nitrogens with one attached hydrogen (secondary N) is 1. The number of nitrogens with zero attached hydrogens (tertiary/aromatic N) is 3. The molecular weight excluding hydrogens is 420 g/mol. The van der Waals surface area contributed by atoms with Crippen molar-refractivity contribution in [3.8, 4) is 5.75 Å². The third-order valence-electron chi connectivity index (χ3n) is 5.37. The Kier molecular flexibility index (Phi) is 6.19. The number of fused-ring (bicyclic) bond motifs is 1. The molecule has 0 unspecified atom stereocenters. The van der Waals surface area contributed by atoms with E-state index in [4.69, 9.17) is 9.47 Å². The van der Waals surface area contributed by atoms with Gasteiger partial charge in [0.1, 0.15) is 11.4 Å². The summed E-state index contributed by atoms with van der Waals surface area (Å²) >= 11 is 0. The molecule has 10 heteroatoms. The van der Waals surface area contributed by atoms with Crippen molar-refractivity contribution in [2.75, 3.05) is 20.3 Å². The molecule has 1 aromatic carbocycles. The number of hydrogen-bond donors (Lipinski definition) is 1. The summed E-state index contributed by atoms with van der Waals surface area (Å²) in [5.74, 6) is 0.763. The van der Waals surface area contributed by atoms with E-state index in [9.17, 15) is 13.2 Å². The minimum atomic E-state index is -3.46. The van der Waals surface area contributed by atoms with E-state index in [0.717, 1.165) is 0 Å². The Morgan fingerprint density at radius 1 is 1.32 bits per heavy atom. The first-order chi connectivity index (χ1) is 15.0. The van der Waals surface area contributed by atoms with Gasteiger partial charge in [0.25, 0.3) is 5.91 Å². The number of benzene rings is 1. The van der Waals surface area contributed by atoms with Gasteiger partial charge in [0.15, 0.2) is 9.84 Å². The third-order valence-corrected chi connectivity index (χ3v) is 7.60. The molecular formula is C21H24N4O5S. The second-order valence-corrected chi connectivity index (χ2v) is 9.59. The molecule has 2 aromatic heterocycles. The number of ether oxygens (including phenoxy) is 2. The number of methoxy groups -OCH3 is 1. The average molecular weight is 445 g/mol. The predicted molar refractivity (Wildman–Crippen MR) is 113 cm³/mol. The quantitative estimate of drug-likeness (QED) is 0.592. The van der Waals surface area contributed by atoms with E-state index >= 15 is 0 Å². The summed E-state index contributed by atoms with van der Waals surface area (Å²) in [6.07, 6.45) is 6.12. The Morgan fingerprint density at radius 3 is 2.87 bits per heavy atom. The topological polar surface area (TPSA) is 112 Å². The van der Waals surface area contributed by atoms with Gasteiger partial charge in [-0.2, -0.15) is 0 Å². The summed E-state index contributed by atoms with van der Waals surface area (Å²) < 4.78 is 38.5. The SMILES string of the molecule is COc1ccc(S(=O)(=O)[C@H]2CCO[C@H](CCNC(=O)c3cn4cccnc4n3)C2)cc1. The second-order valence-electron chi connectivity index (χ2n) is 7.36. The first-order valence-electron chi connectivity index (χ1n) is 10.0. The van der Waals surface area contributed by atoms with Crippen molar-refractivity contribution < 1.29 is 22.7 Å². The highest BCUT2D eigenvalue weighted by molar-refractivity contribution is 7.92. The largest absolute Gasteiger partial charge is 0.497 e. The molecule has 9 nitrogen and oxygen atoms in total. The van der Waals surface area contributed by atoms with Crippen molar-refractivity contribution >= 4 is 21.5 Å². The number of carbonyl (C=O) groups is 1. The van der Waals surface area contributed by atoms with Gasteiger partial charge >= 0.3 is 0 Å². The summed E-state index contributed by atoms with van der Waals surface area (Å²) in [6, 6.07) is 8.19. The van der Waals surface area contributed by atoms with Gasteiger partial charge in [-0.25, -0.2) is 18.4 Å². The molecule has 1 saturated heterocycles. The molecule has 1 aliphatic heterocycles. The fraction of sp³-hybridized carbons (Fsp3) is 0.381. The van der Waals surface area contributed by atoms with Gasteiger partial charge in [-0.15, -0.1) is 0 Å². The Morgan fingerprint density at radius 2 is 2.13 bits per heavy atom. The van der Waals surface area contributed by atoms with Crippen LogP contribution in [0.25, 0.3) is 5.78 Å². The van der Waals surface area contributed by atoms with E-state index in [1.54, 1.807) is 53.3 Å². The van der Waals surface area contributed by atoms with Crippen LogP contribution >= 0.6 is 0 Å². The molecule has 31 heavy (non-hydrogen) atoms. The van der Waals surface area contributed by atoms with Crippen molar-refractivity contribution in [2.24, 2.45) is 0 Å². The zero-order chi connectivity index (χ0) is 21.8. The van der Waals surface area contributed by atoms with Gasteiger partial charge in [0.05, 0.1) is 23.4 Å². The van der Waals surface area contributed by atoms with Crippen LogP contribution in [0.4, 0.5) is 0 Å². The van der Waals surface area contributed by atoms with E-state index in [0.29, 0.717) is 43.9 Å². The highest BCUT2D eigenvalue weighted by Crippen LogP contribution is 2.28. The maximum Gasteiger partial charge on any atom is 0.271 e. The minimum absolute atomic E-state index is 0.241. The second kappa shape index (κ2) is 9.03. The van der Waals surface area contributed by atoms with Gasteiger partial charge in [-0.3, -0.25) is 9.20 Å². The molecule has 3 heterocycles. The lowest BCUT2D eigenvalue weighted by molar-refractivity contribution is 0.0132. The maximum atomic E-state index is 13.0. The number of hydrogen-bond acceptors (Lipinski definition) is 7. The Bertz CT molecular complexity index is 1130. The van der Waals surface area contributed by atoms with Crippen LogP contribution in [0.3, 0.4) is 0 Å². The monoisotopic (exact) mass is 444 g/mol. The standard InChI is InChI=1S/C21H24N4O5S/c1-29-15-3-5-17(6-4-15)31(27,28)18-8-12-30-16(13-18)7-10-22-20(26)19-14-25-11-2-9-23-21(25)24-19/h2-6,9,11,14,16,18H,7-8,10,12-13H2,1H3,(H,22,26)/t16-,18+/m1/s1. The number of rotatable bonds is 7. The molecule has 0 radical (unpaired) electrons. The van der Waals surface area contributed by atoms with Gasteiger partial charge in [0.2, 0.25) is 5.78 Å². The molecule has 164 valence electrons. The zero-order valence-electron chi connectivity index (χ0n) is 17.1. The normalized spacial score (nSPS) is 19.3. The van der Waals surface area contributed by atoms with Gasteiger partial charge in [-0.1, -0.05) is 0 Å². The third kappa shape index (κ3) is 4.70. The Balaban J connectivity index is 1.32. The Labute approximate surface area is 180 Å². The molecule has 0 saturated carbocycles. The fourth-order valence-corrected chi connectivity index (χ4v) is 5.44. The van der Waals surface area contributed by atoms with E-state index in [1.807, 2.05) is 0 Å². The predicted octanol–water partition coefficient (Wildman–Crippen LogP) is 1.88. The molecule has 0 spiro atoms. The maximum absolute atomic E-state index is 13.0. The number of sulfone groups is 1. The number of amides is 1. The lowest BCUT2D eigenvalue weighted by Crippen LogP contribution is -2.37. The van der Waals surface area contributed by atoms with Crippen molar-refractivity contribution in [3.63, 3.8) is 0 Å². The van der Waals surface area contributed by atoms with E-state index in [1.165, 1.54) is 7.11 Å². The average Bonchev–Trinajstić information content (AvgIpc) is 3.24. The van der Waals surface area contributed by atoms with Crippen LogP contribution in [0, 0.1) is 0 Å². The molecule has 1 aliphatic rings. The number of imidazole rings is 1. The number of aromatic nitrogens is 3. The highest BCUT2D eigenvalue weighted by atomic mass is 32.2. The van der Waals surface area contributed by atoms with E-state index in [2.05, 4.69) is 15.3 Å². The Hall–Kier alpha value is -2.98. The summed E-state index contributed by atoms with van der Waals surface area (Å²) in [5, 5.41) is 2.31. The van der Waals surface area contributed by atoms with Crippen LogP contribution in [-0.4, -0.2) is 60.3 Å². The van der Waals surface area contributed by atoms with Crippen LogP contribution < -0.4 is 10.1 Å². The van der Waals surface area contributed by atoms with Crippen LogP contribution in [-0.2, 0) is 14.6 Å². The lowest BCUT2D eigenvalue weighted by atomic mass is 10.1. The van der Waals surface area contributed by atoms with E-state index in [-0.39, 0.29) is 22.6 Å². The van der Waals surface area contributed by atoms with Crippen molar-refractivity contribution in [3.05, 3.63) is 54.6 Å². The van der Waals surface area contributed by atoms with Gasteiger partial charge < -0.3 is 14.8 Å². The van der Waals surface area contributed by atoms with Crippen LogP contribution in [0.1, 0.15) is 29.8 Å². The summed E-state index contributed by atoms with van der Waals surface area (Å²) in [5.41, 5.74) is 0.281. The van der Waals surface area contributed by atoms with Crippen molar-refractivity contribution in [1.29, 1.82) is 0 Å². The smallest absolute Gasteiger partial charge is 0.271 e.